The summed E-state index contributed by atoms with van der Waals surface area (Å²) in [5.74, 6) is 0.534. The molecule has 2 aromatic carbocycles. The molecule has 0 N–H and O–H groups in total. The molecule has 1 unspecified atom stereocenters. The second-order valence-corrected chi connectivity index (χ2v) is 8.10. The third kappa shape index (κ3) is 6.88. The van der Waals surface area contributed by atoms with Crippen molar-refractivity contribution >= 4 is 9.24 Å². The molecule has 1 heteroatoms. The van der Waals surface area contributed by atoms with E-state index in [0.29, 0.717) is 5.92 Å². The predicted octanol–water partition coefficient (Wildman–Crippen LogP) is 7.55. The normalized spacial score (nSPS) is 11.2. The zero-order valence-corrected chi connectivity index (χ0v) is 18.0. The Bertz CT molecular complexity index is 546. The summed E-state index contributed by atoms with van der Waals surface area (Å²) in [5, 5.41) is 0. The van der Waals surface area contributed by atoms with Gasteiger partial charge in [0.1, 0.15) is 0 Å². The Kier molecular flexibility index (Phi) is 10.0. The Morgan fingerprint density at radius 3 is 1.50 bits per heavy atom. The maximum atomic E-state index is 2.86. The Balaban J connectivity index is 2.14. The molecular weight excluding hydrogens is 331 g/mol. The van der Waals surface area contributed by atoms with Crippen molar-refractivity contribution in [2.24, 2.45) is 0 Å². The van der Waals surface area contributed by atoms with Gasteiger partial charge in [0, 0.05) is 5.92 Å². The van der Waals surface area contributed by atoms with Crippen molar-refractivity contribution < 1.29 is 0 Å². The van der Waals surface area contributed by atoms with Gasteiger partial charge in [-0.05, 0) is 66.9 Å². The van der Waals surface area contributed by atoms with Gasteiger partial charge < -0.3 is 0 Å². The minimum atomic E-state index is 0.534. The predicted molar refractivity (Wildman–Crippen MR) is 120 cm³/mol. The van der Waals surface area contributed by atoms with Crippen LogP contribution in [0.4, 0.5) is 0 Å². The Hall–Kier alpha value is -1.13. The van der Waals surface area contributed by atoms with E-state index >= 15 is 0 Å². The molecular formula is C25H37P. The van der Waals surface area contributed by atoms with Gasteiger partial charge in [-0.2, -0.15) is 0 Å². The van der Waals surface area contributed by atoms with E-state index in [-0.39, 0.29) is 0 Å². The molecule has 0 amide bonds. The van der Waals surface area contributed by atoms with Crippen LogP contribution >= 0.6 is 9.24 Å². The first kappa shape index (κ1) is 21.2. The van der Waals surface area contributed by atoms with Gasteiger partial charge in [-0.25, -0.2) is 0 Å². The Labute approximate surface area is 164 Å². The third-order valence-electron chi connectivity index (χ3n) is 5.35. The molecule has 0 radical (unpaired) electrons. The number of benzene rings is 2. The molecule has 2 rings (SSSR count). The molecule has 26 heavy (non-hydrogen) atoms. The van der Waals surface area contributed by atoms with Gasteiger partial charge in [0.25, 0.3) is 0 Å². The largest absolute Gasteiger partial charge is 0.138 e. The van der Waals surface area contributed by atoms with E-state index in [0.717, 1.165) is 0 Å². The zero-order chi connectivity index (χ0) is 18.6. The average Bonchev–Trinajstić information content (AvgIpc) is 2.69. The quantitative estimate of drug-likeness (QED) is 0.268. The molecule has 0 aliphatic heterocycles. The highest BCUT2D eigenvalue weighted by Crippen LogP contribution is 2.31. The van der Waals surface area contributed by atoms with E-state index < -0.39 is 0 Å². The van der Waals surface area contributed by atoms with Crippen LogP contribution in [0.1, 0.15) is 87.0 Å². The maximum Gasteiger partial charge on any atom is 0.00893 e. The molecule has 0 saturated carbocycles. The summed E-state index contributed by atoms with van der Waals surface area (Å²) in [7, 11) is 2.86. The third-order valence-corrected chi connectivity index (χ3v) is 5.76. The van der Waals surface area contributed by atoms with Crippen molar-refractivity contribution in [3.8, 4) is 0 Å². The lowest BCUT2D eigenvalue weighted by Crippen LogP contribution is -2.02. The Morgan fingerprint density at radius 2 is 1.12 bits per heavy atom. The molecule has 0 aliphatic rings. The van der Waals surface area contributed by atoms with Gasteiger partial charge in [0.05, 0.1) is 0 Å². The van der Waals surface area contributed by atoms with Crippen molar-refractivity contribution in [1.82, 2.24) is 0 Å². The average molecular weight is 369 g/mol. The highest BCUT2D eigenvalue weighted by Gasteiger charge is 2.14. The molecule has 0 aliphatic carbocycles. The van der Waals surface area contributed by atoms with Crippen LogP contribution < -0.4 is 0 Å². The summed E-state index contributed by atoms with van der Waals surface area (Å²) >= 11 is 0. The van der Waals surface area contributed by atoms with E-state index in [9.17, 15) is 0 Å². The Morgan fingerprint density at radius 1 is 0.654 bits per heavy atom. The van der Waals surface area contributed by atoms with Crippen molar-refractivity contribution in [3.05, 3.63) is 70.8 Å². The van der Waals surface area contributed by atoms with Gasteiger partial charge in [-0.15, -0.1) is 9.24 Å². The van der Waals surface area contributed by atoms with E-state index in [1.807, 2.05) is 0 Å². The standard InChI is InChI=1S/C25H37P/c1-3-5-9-21-12-16-23(17-13-21)25(11-7-8-20-26)24-18-14-22(15-19-24)10-6-4-2/h12-19,25H,3-11,20,26H2,1-2H3. The van der Waals surface area contributed by atoms with Gasteiger partial charge in [0.2, 0.25) is 0 Å². The molecule has 142 valence electrons. The fourth-order valence-electron chi connectivity index (χ4n) is 3.61. The molecule has 0 heterocycles. The summed E-state index contributed by atoms with van der Waals surface area (Å²) in [6, 6.07) is 18.9. The summed E-state index contributed by atoms with van der Waals surface area (Å²) in [4.78, 5) is 0. The number of rotatable bonds is 12. The first-order valence-electron chi connectivity index (χ1n) is 10.7. The van der Waals surface area contributed by atoms with Crippen LogP contribution in [0.5, 0.6) is 0 Å². The van der Waals surface area contributed by atoms with E-state index in [4.69, 9.17) is 0 Å². The molecule has 0 fully saturated rings. The van der Waals surface area contributed by atoms with Crippen LogP contribution in [-0.2, 0) is 12.8 Å². The monoisotopic (exact) mass is 368 g/mol. The first-order chi connectivity index (χ1) is 12.8. The topological polar surface area (TPSA) is 0 Å². The van der Waals surface area contributed by atoms with E-state index in [2.05, 4.69) is 71.6 Å². The molecule has 0 aromatic heterocycles. The summed E-state index contributed by atoms with van der Waals surface area (Å²) in [6.45, 7) is 4.53. The van der Waals surface area contributed by atoms with Crippen molar-refractivity contribution in [1.29, 1.82) is 0 Å². The lowest BCUT2D eigenvalue weighted by atomic mass is 9.86. The van der Waals surface area contributed by atoms with Crippen molar-refractivity contribution in [2.45, 2.75) is 77.6 Å². The summed E-state index contributed by atoms with van der Waals surface area (Å²) in [5.41, 5.74) is 5.93. The van der Waals surface area contributed by atoms with Crippen molar-refractivity contribution in [3.63, 3.8) is 0 Å². The SMILES string of the molecule is CCCCc1ccc(C(CCCCP)c2ccc(CCCC)cc2)cc1. The highest BCUT2D eigenvalue weighted by molar-refractivity contribution is 7.16. The fraction of sp³-hybridized carbons (Fsp3) is 0.520. The lowest BCUT2D eigenvalue weighted by Gasteiger charge is -2.19. The van der Waals surface area contributed by atoms with Crippen LogP contribution in [0.2, 0.25) is 0 Å². The zero-order valence-electron chi connectivity index (χ0n) is 16.8. The lowest BCUT2D eigenvalue weighted by molar-refractivity contribution is 0.652. The molecule has 0 nitrogen and oxygen atoms in total. The second kappa shape index (κ2) is 12.3. The summed E-state index contributed by atoms with van der Waals surface area (Å²) in [6.07, 6.45) is 12.6. The minimum absolute atomic E-state index is 0.534. The summed E-state index contributed by atoms with van der Waals surface area (Å²) < 4.78 is 0. The van der Waals surface area contributed by atoms with E-state index in [1.165, 1.54) is 86.2 Å². The van der Waals surface area contributed by atoms with E-state index in [1.54, 1.807) is 0 Å². The van der Waals surface area contributed by atoms with Gasteiger partial charge >= 0.3 is 0 Å². The fourth-order valence-corrected chi connectivity index (χ4v) is 3.90. The van der Waals surface area contributed by atoms with Crippen molar-refractivity contribution in [2.75, 3.05) is 6.16 Å². The van der Waals surface area contributed by atoms with Gasteiger partial charge in [0.15, 0.2) is 0 Å². The minimum Gasteiger partial charge on any atom is -0.138 e. The van der Waals surface area contributed by atoms with Crippen LogP contribution in [-0.4, -0.2) is 6.16 Å². The van der Waals surface area contributed by atoms with Crippen LogP contribution in [0.3, 0.4) is 0 Å². The maximum absolute atomic E-state index is 2.86. The number of hydrogen-bond donors (Lipinski definition) is 0. The van der Waals surface area contributed by atoms with Gasteiger partial charge in [-0.1, -0.05) is 81.6 Å². The molecule has 1 atom stereocenters. The number of aryl methyl sites for hydroxylation is 2. The smallest absolute Gasteiger partial charge is 0.00893 e. The molecule has 2 aromatic rings. The van der Waals surface area contributed by atoms with Crippen LogP contribution in [0.25, 0.3) is 0 Å². The first-order valence-corrected chi connectivity index (χ1v) is 11.5. The highest BCUT2D eigenvalue weighted by atomic mass is 31.0. The molecule has 0 spiro atoms. The van der Waals surface area contributed by atoms with Gasteiger partial charge in [-0.3, -0.25) is 0 Å². The second-order valence-electron chi connectivity index (χ2n) is 7.53. The molecule has 0 bridgehead atoms. The van der Waals surface area contributed by atoms with Crippen LogP contribution in [0.15, 0.2) is 48.5 Å². The number of hydrogen-bond acceptors (Lipinski definition) is 0. The number of unbranched alkanes of at least 4 members (excludes halogenated alkanes) is 3. The van der Waals surface area contributed by atoms with Crippen LogP contribution in [0, 0.1) is 0 Å². The molecule has 0 saturated heterocycles.